The largest absolute Gasteiger partial charge is 0.392 e. The number of benzene rings is 2. The Morgan fingerprint density at radius 3 is 2.58 bits per heavy atom. The van der Waals surface area contributed by atoms with Crippen LogP contribution in [-0.4, -0.2) is 15.9 Å². The average molecular weight is 252 g/mol. The molecule has 2 aromatic carbocycles. The smallest absolute Gasteiger partial charge is 0.318 e. The number of esters is 1. The van der Waals surface area contributed by atoms with E-state index in [-0.39, 0.29) is 18.4 Å². The van der Waals surface area contributed by atoms with Gasteiger partial charge in [0.15, 0.2) is 0 Å². The molecule has 0 saturated carbocycles. The van der Waals surface area contributed by atoms with E-state index in [1.165, 1.54) is 0 Å². The number of H-pyrrole nitrogens is 1. The third kappa shape index (κ3) is 2.63. The number of hydrogen-bond acceptors (Lipinski definition) is 3. The minimum atomic E-state index is -0.328. The number of carbonyl (C=O) groups is 1. The molecule has 0 fully saturated rings. The first kappa shape index (κ1) is 11.5. The van der Waals surface area contributed by atoms with Crippen LogP contribution >= 0.6 is 0 Å². The number of carbonyl (C=O) groups excluding carboxylic acids is 1. The molecule has 1 N–H and O–H groups in total. The third-order valence-electron chi connectivity index (χ3n) is 2.77. The van der Waals surface area contributed by atoms with E-state index in [1.807, 2.05) is 54.6 Å². The number of imidazole rings is 1. The van der Waals surface area contributed by atoms with Crippen molar-refractivity contribution < 1.29 is 9.53 Å². The van der Waals surface area contributed by atoms with Gasteiger partial charge in [0.2, 0.25) is 0 Å². The minimum Gasteiger partial charge on any atom is -0.392 e. The van der Waals surface area contributed by atoms with Crippen LogP contribution in [0.15, 0.2) is 54.6 Å². The Bertz CT molecular complexity index is 671. The monoisotopic (exact) mass is 252 g/mol. The molecular weight excluding hydrogens is 240 g/mol. The van der Waals surface area contributed by atoms with E-state index in [9.17, 15) is 4.79 Å². The van der Waals surface area contributed by atoms with Crippen LogP contribution in [0.3, 0.4) is 0 Å². The summed E-state index contributed by atoms with van der Waals surface area (Å²) >= 11 is 0. The number of aromatic nitrogens is 2. The molecule has 1 heterocycles. The van der Waals surface area contributed by atoms with Crippen LogP contribution in [0.1, 0.15) is 5.56 Å². The van der Waals surface area contributed by atoms with Crippen LogP contribution in [0.25, 0.3) is 11.0 Å². The highest BCUT2D eigenvalue weighted by molar-refractivity contribution is 5.78. The SMILES string of the molecule is O=C(Cc1ccccc1)Oc1nc2ccccc2[nH]1. The molecule has 0 spiro atoms. The van der Waals surface area contributed by atoms with E-state index in [4.69, 9.17) is 4.74 Å². The van der Waals surface area contributed by atoms with Crippen molar-refractivity contribution >= 4 is 17.0 Å². The molecule has 0 bridgehead atoms. The van der Waals surface area contributed by atoms with Gasteiger partial charge in [0.25, 0.3) is 0 Å². The Labute approximate surface area is 110 Å². The molecule has 1 aromatic heterocycles. The molecule has 0 aliphatic heterocycles. The second-order valence-corrected chi connectivity index (χ2v) is 4.20. The van der Waals surface area contributed by atoms with Crippen LogP contribution in [0.5, 0.6) is 6.01 Å². The number of fused-ring (bicyclic) bond motifs is 1. The number of nitrogens with one attached hydrogen (secondary N) is 1. The van der Waals surface area contributed by atoms with Gasteiger partial charge in [-0.3, -0.25) is 4.79 Å². The number of para-hydroxylation sites is 2. The van der Waals surface area contributed by atoms with Crippen LogP contribution in [-0.2, 0) is 11.2 Å². The molecule has 4 nitrogen and oxygen atoms in total. The zero-order valence-electron chi connectivity index (χ0n) is 10.2. The molecule has 94 valence electrons. The van der Waals surface area contributed by atoms with Gasteiger partial charge in [-0.25, -0.2) is 0 Å². The van der Waals surface area contributed by atoms with Crippen molar-refractivity contribution in [3.05, 3.63) is 60.2 Å². The Morgan fingerprint density at radius 1 is 1.05 bits per heavy atom. The highest BCUT2D eigenvalue weighted by atomic mass is 16.5. The summed E-state index contributed by atoms with van der Waals surface area (Å²) in [5.74, 6) is -0.328. The Balaban J connectivity index is 1.72. The van der Waals surface area contributed by atoms with Crippen molar-refractivity contribution in [1.29, 1.82) is 0 Å². The summed E-state index contributed by atoms with van der Waals surface area (Å²) in [6, 6.07) is 17.2. The van der Waals surface area contributed by atoms with Crippen LogP contribution in [0, 0.1) is 0 Å². The highest BCUT2D eigenvalue weighted by Crippen LogP contribution is 2.15. The molecule has 0 aliphatic rings. The number of aromatic amines is 1. The fourth-order valence-corrected chi connectivity index (χ4v) is 1.88. The summed E-state index contributed by atoms with van der Waals surface area (Å²) in [7, 11) is 0. The molecule has 19 heavy (non-hydrogen) atoms. The van der Waals surface area contributed by atoms with Gasteiger partial charge in [-0.15, -0.1) is 0 Å². The van der Waals surface area contributed by atoms with E-state index in [0.29, 0.717) is 0 Å². The summed E-state index contributed by atoms with van der Waals surface area (Å²) in [5, 5.41) is 0. The van der Waals surface area contributed by atoms with Crippen molar-refractivity contribution in [3.63, 3.8) is 0 Å². The van der Waals surface area contributed by atoms with Crippen LogP contribution in [0.2, 0.25) is 0 Å². The first-order chi connectivity index (χ1) is 9.31. The quantitative estimate of drug-likeness (QED) is 0.729. The van der Waals surface area contributed by atoms with Gasteiger partial charge in [-0.2, -0.15) is 4.98 Å². The van der Waals surface area contributed by atoms with E-state index < -0.39 is 0 Å². The Hall–Kier alpha value is -2.62. The van der Waals surface area contributed by atoms with E-state index in [2.05, 4.69) is 9.97 Å². The van der Waals surface area contributed by atoms with Gasteiger partial charge in [0.1, 0.15) is 0 Å². The summed E-state index contributed by atoms with van der Waals surface area (Å²) in [5.41, 5.74) is 2.55. The first-order valence-electron chi connectivity index (χ1n) is 6.00. The molecule has 4 heteroatoms. The first-order valence-corrected chi connectivity index (χ1v) is 6.00. The van der Waals surface area contributed by atoms with Crippen molar-refractivity contribution in [3.8, 4) is 6.01 Å². The Kier molecular flexibility index (Phi) is 2.98. The topological polar surface area (TPSA) is 55.0 Å². The van der Waals surface area contributed by atoms with E-state index in [1.54, 1.807) is 0 Å². The van der Waals surface area contributed by atoms with Crippen molar-refractivity contribution in [1.82, 2.24) is 9.97 Å². The summed E-state index contributed by atoms with van der Waals surface area (Å²) in [6.07, 6.45) is 0.234. The molecule has 0 amide bonds. The summed E-state index contributed by atoms with van der Waals surface area (Å²) in [4.78, 5) is 18.9. The molecule has 0 saturated heterocycles. The average Bonchev–Trinajstić information content (AvgIpc) is 2.81. The predicted molar refractivity (Wildman–Crippen MR) is 71.9 cm³/mol. The summed E-state index contributed by atoms with van der Waals surface area (Å²) in [6.45, 7) is 0. The number of ether oxygens (including phenoxy) is 1. The standard InChI is InChI=1S/C15H12N2O2/c18-14(10-11-6-2-1-3-7-11)19-15-16-12-8-4-5-9-13(12)17-15/h1-9H,10H2,(H,16,17). The van der Waals surface area contributed by atoms with Crippen molar-refractivity contribution in [2.45, 2.75) is 6.42 Å². The lowest BCUT2D eigenvalue weighted by Gasteiger charge is -2.00. The van der Waals surface area contributed by atoms with Crippen molar-refractivity contribution in [2.24, 2.45) is 0 Å². The summed E-state index contributed by atoms with van der Waals surface area (Å²) < 4.78 is 5.20. The zero-order chi connectivity index (χ0) is 13.1. The fraction of sp³-hybridized carbons (Fsp3) is 0.0667. The maximum Gasteiger partial charge on any atom is 0.318 e. The second-order valence-electron chi connectivity index (χ2n) is 4.20. The lowest BCUT2D eigenvalue weighted by molar-refractivity contribution is -0.134. The van der Waals surface area contributed by atoms with E-state index >= 15 is 0 Å². The number of rotatable bonds is 3. The van der Waals surface area contributed by atoms with Gasteiger partial charge < -0.3 is 9.72 Å². The van der Waals surface area contributed by atoms with E-state index in [0.717, 1.165) is 16.6 Å². The van der Waals surface area contributed by atoms with Crippen molar-refractivity contribution in [2.75, 3.05) is 0 Å². The predicted octanol–water partition coefficient (Wildman–Crippen LogP) is 2.71. The zero-order valence-corrected chi connectivity index (χ0v) is 10.2. The molecular formula is C15H12N2O2. The number of nitrogens with zero attached hydrogens (tertiary/aromatic N) is 1. The molecule has 0 aliphatic carbocycles. The molecule has 3 aromatic rings. The molecule has 0 unspecified atom stereocenters. The van der Waals surface area contributed by atoms with Crippen LogP contribution in [0.4, 0.5) is 0 Å². The van der Waals surface area contributed by atoms with Gasteiger partial charge in [0.05, 0.1) is 17.5 Å². The Morgan fingerprint density at radius 2 is 1.79 bits per heavy atom. The third-order valence-corrected chi connectivity index (χ3v) is 2.77. The van der Waals surface area contributed by atoms with Crippen LogP contribution < -0.4 is 4.74 Å². The fourth-order valence-electron chi connectivity index (χ4n) is 1.88. The molecule has 3 rings (SSSR count). The maximum absolute atomic E-state index is 11.8. The lowest BCUT2D eigenvalue weighted by atomic mass is 10.2. The second kappa shape index (κ2) is 4.94. The van der Waals surface area contributed by atoms with Gasteiger partial charge in [-0.05, 0) is 17.7 Å². The maximum atomic E-state index is 11.8. The molecule has 0 atom stereocenters. The lowest BCUT2D eigenvalue weighted by Crippen LogP contribution is -2.11. The highest BCUT2D eigenvalue weighted by Gasteiger charge is 2.09. The van der Waals surface area contributed by atoms with Gasteiger partial charge in [0, 0.05) is 0 Å². The minimum absolute atomic E-state index is 0.234. The van der Waals surface area contributed by atoms with Gasteiger partial charge in [-0.1, -0.05) is 42.5 Å². The molecule has 0 radical (unpaired) electrons. The normalized spacial score (nSPS) is 10.5. The number of hydrogen-bond donors (Lipinski definition) is 1. The van der Waals surface area contributed by atoms with Gasteiger partial charge >= 0.3 is 12.0 Å².